The molecule has 0 N–H and O–H groups in total. The van der Waals surface area contributed by atoms with E-state index in [4.69, 9.17) is 0 Å². The SMILES string of the molecule is Cc1nc(C)nc(Cc2cccc3c2C(C)(C)c2ccccc2-3)n1. The summed E-state index contributed by atoms with van der Waals surface area (Å²) in [4.78, 5) is 13.3. The van der Waals surface area contributed by atoms with E-state index in [9.17, 15) is 0 Å². The average Bonchev–Trinajstić information content (AvgIpc) is 2.76. The van der Waals surface area contributed by atoms with Gasteiger partial charge in [-0.2, -0.15) is 0 Å². The molecule has 0 amide bonds. The van der Waals surface area contributed by atoms with Crippen molar-refractivity contribution >= 4 is 0 Å². The molecule has 3 aromatic rings. The zero-order valence-electron chi connectivity index (χ0n) is 14.6. The van der Waals surface area contributed by atoms with Gasteiger partial charge in [0, 0.05) is 11.8 Å². The van der Waals surface area contributed by atoms with E-state index in [1.807, 2.05) is 13.8 Å². The van der Waals surface area contributed by atoms with Gasteiger partial charge in [-0.25, -0.2) is 15.0 Å². The van der Waals surface area contributed by atoms with E-state index in [-0.39, 0.29) is 5.41 Å². The van der Waals surface area contributed by atoms with E-state index in [1.54, 1.807) is 0 Å². The van der Waals surface area contributed by atoms with Gasteiger partial charge < -0.3 is 0 Å². The van der Waals surface area contributed by atoms with Crippen LogP contribution in [0.2, 0.25) is 0 Å². The highest BCUT2D eigenvalue weighted by Crippen LogP contribution is 2.49. The highest BCUT2D eigenvalue weighted by Gasteiger charge is 2.36. The van der Waals surface area contributed by atoms with Crippen LogP contribution in [0.1, 0.15) is 48.0 Å². The highest BCUT2D eigenvalue weighted by atomic mass is 15.0. The van der Waals surface area contributed by atoms with Crippen LogP contribution >= 0.6 is 0 Å². The second-order valence-corrected chi connectivity index (χ2v) is 7.03. The molecule has 0 saturated heterocycles. The fourth-order valence-corrected chi connectivity index (χ4v) is 4.04. The van der Waals surface area contributed by atoms with E-state index in [0.29, 0.717) is 0 Å². The fourth-order valence-electron chi connectivity index (χ4n) is 4.04. The summed E-state index contributed by atoms with van der Waals surface area (Å²) in [6.07, 6.45) is 0.741. The molecule has 0 saturated carbocycles. The van der Waals surface area contributed by atoms with Crippen LogP contribution in [0, 0.1) is 13.8 Å². The maximum absolute atomic E-state index is 4.53. The van der Waals surface area contributed by atoms with Gasteiger partial charge >= 0.3 is 0 Å². The molecule has 3 heteroatoms. The van der Waals surface area contributed by atoms with Gasteiger partial charge in [-0.15, -0.1) is 0 Å². The minimum Gasteiger partial charge on any atom is -0.219 e. The molecule has 0 atom stereocenters. The molecule has 120 valence electrons. The maximum Gasteiger partial charge on any atom is 0.136 e. The van der Waals surface area contributed by atoms with Crippen molar-refractivity contribution in [1.29, 1.82) is 0 Å². The molecular weight excluding hydrogens is 294 g/mol. The maximum atomic E-state index is 4.53. The first kappa shape index (κ1) is 15.0. The molecule has 1 aliphatic carbocycles. The summed E-state index contributed by atoms with van der Waals surface area (Å²) in [6, 6.07) is 15.3. The topological polar surface area (TPSA) is 38.7 Å². The van der Waals surface area contributed by atoms with Crippen LogP contribution in [-0.4, -0.2) is 15.0 Å². The van der Waals surface area contributed by atoms with E-state index in [1.165, 1.54) is 27.8 Å². The smallest absolute Gasteiger partial charge is 0.136 e. The lowest BCUT2D eigenvalue weighted by Gasteiger charge is -2.24. The third-order valence-electron chi connectivity index (χ3n) is 4.92. The van der Waals surface area contributed by atoms with E-state index in [0.717, 1.165) is 23.9 Å². The number of aryl methyl sites for hydroxylation is 2. The monoisotopic (exact) mass is 315 g/mol. The molecular formula is C21H21N3. The van der Waals surface area contributed by atoms with E-state index < -0.39 is 0 Å². The van der Waals surface area contributed by atoms with Gasteiger partial charge in [0.2, 0.25) is 0 Å². The van der Waals surface area contributed by atoms with Gasteiger partial charge in [-0.3, -0.25) is 0 Å². The first-order chi connectivity index (χ1) is 11.5. The largest absolute Gasteiger partial charge is 0.219 e. The quantitative estimate of drug-likeness (QED) is 0.704. The molecule has 0 bridgehead atoms. The van der Waals surface area contributed by atoms with Crippen molar-refractivity contribution in [2.45, 2.75) is 39.5 Å². The van der Waals surface area contributed by atoms with Crippen LogP contribution in [-0.2, 0) is 11.8 Å². The molecule has 0 spiro atoms. The Balaban J connectivity index is 1.86. The third-order valence-corrected chi connectivity index (χ3v) is 4.92. The summed E-state index contributed by atoms with van der Waals surface area (Å²) in [6.45, 7) is 8.47. The molecule has 1 heterocycles. The van der Waals surface area contributed by atoms with Gasteiger partial charge in [0.15, 0.2) is 0 Å². The molecule has 2 aromatic carbocycles. The summed E-state index contributed by atoms with van der Waals surface area (Å²) >= 11 is 0. The molecule has 0 unspecified atom stereocenters. The first-order valence-electron chi connectivity index (χ1n) is 8.37. The predicted octanol–water partition coefficient (Wildman–Crippen LogP) is 4.39. The van der Waals surface area contributed by atoms with Gasteiger partial charge in [-0.1, -0.05) is 56.3 Å². The van der Waals surface area contributed by atoms with Crippen LogP contribution in [0.5, 0.6) is 0 Å². The Kier molecular flexibility index (Phi) is 3.27. The number of benzene rings is 2. The molecule has 4 rings (SSSR count). The Hall–Kier alpha value is -2.55. The van der Waals surface area contributed by atoms with Gasteiger partial charge in [0.05, 0.1) is 0 Å². The Morgan fingerprint density at radius 1 is 0.792 bits per heavy atom. The van der Waals surface area contributed by atoms with Gasteiger partial charge in [-0.05, 0) is 41.7 Å². The van der Waals surface area contributed by atoms with E-state index in [2.05, 4.69) is 71.3 Å². The zero-order chi connectivity index (χ0) is 16.9. The minimum absolute atomic E-state index is 0.000357. The predicted molar refractivity (Wildman–Crippen MR) is 96.1 cm³/mol. The van der Waals surface area contributed by atoms with Gasteiger partial charge in [0.1, 0.15) is 17.5 Å². The number of aromatic nitrogens is 3. The Labute approximate surface area is 142 Å². The number of nitrogens with zero attached hydrogens (tertiary/aromatic N) is 3. The number of rotatable bonds is 2. The molecule has 1 aliphatic rings. The van der Waals surface area contributed by atoms with Crippen molar-refractivity contribution in [1.82, 2.24) is 15.0 Å². The fraction of sp³-hybridized carbons (Fsp3) is 0.286. The molecule has 1 aromatic heterocycles. The van der Waals surface area contributed by atoms with Crippen LogP contribution in [0.15, 0.2) is 42.5 Å². The summed E-state index contributed by atoms with van der Waals surface area (Å²) < 4.78 is 0. The lowest BCUT2D eigenvalue weighted by Crippen LogP contribution is -2.18. The standard InChI is InChI=1S/C21H21N3/c1-13-22-14(2)24-19(23-13)12-15-8-7-10-17-16-9-5-6-11-18(16)21(3,4)20(15)17/h5-11H,12H2,1-4H3. The highest BCUT2D eigenvalue weighted by molar-refractivity contribution is 5.81. The Bertz CT molecular complexity index is 921. The van der Waals surface area contributed by atoms with Crippen molar-refractivity contribution < 1.29 is 0 Å². The number of hydrogen-bond acceptors (Lipinski definition) is 3. The summed E-state index contributed by atoms with van der Waals surface area (Å²) in [7, 11) is 0. The molecule has 24 heavy (non-hydrogen) atoms. The third kappa shape index (κ3) is 2.23. The summed E-state index contributed by atoms with van der Waals surface area (Å²) in [5, 5.41) is 0. The molecule has 3 nitrogen and oxygen atoms in total. The Morgan fingerprint density at radius 2 is 1.46 bits per heavy atom. The van der Waals surface area contributed by atoms with Crippen molar-refractivity contribution in [3.05, 3.63) is 76.6 Å². The van der Waals surface area contributed by atoms with Crippen molar-refractivity contribution in [2.24, 2.45) is 0 Å². The lowest BCUT2D eigenvalue weighted by atomic mass is 9.79. The van der Waals surface area contributed by atoms with Crippen LogP contribution in [0.25, 0.3) is 11.1 Å². The lowest BCUT2D eigenvalue weighted by molar-refractivity contribution is 0.651. The molecule has 0 radical (unpaired) electrons. The molecule has 0 aliphatic heterocycles. The Morgan fingerprint density at radius 3 is 2.21 bits per heavy atom. The summed E-state index contributed by atoms with van der Waals surface area (Å²) in [5.74, 6) is 2.42. The molecule has 0 fully saturated rings. The van der Waals surface area contributed by atoms with Crippen LogP contribution in [0.3, 0.4) is 0 Å². The minimum atomic E-state index is -0.000357. The summed E-state index contributed by atoms with van der Waals surface area (Å²) in [5.41, 5.74) is 6.80. The van der Waals surface area contributed by atoms with E-state index >= 15 is 0 Å². The van der Waals surface area contributed by atoms with Crippen molar-refractivity contribution in [3.63, 3.8) is 0 Å². The number of fused-ring (bicyclic) bond motifs is 3. The second kappa shape index (κ2) is 5.23. The second-order valence-electron chi connectivity index (χ2n) is 7.03. The normalized spacial score (nSPS) is 14.3. The van der Waals surface area contributed by atoms with Gasteiger partial charge in [0.25, 0.3) is 0 Å². The zero-order valence-corrected chi connectivity index (χ0v) is 14.6. The van der Waals surface area contributed by atoms with Crippen molar-refractivity contribution in [2.75, 3.05) is 0 Å². The average molecular weight is 315 g/mol. The van der Waals surface area contributed by atoms with Crippen molar-refractivity contribution in [3.8, 4) is 11.1 Å². The van der Waals surface area contributed by atoms with Crippen LogP contribution in [0.4, 0.5) is 0 Å². The number of hydrogen-bond donors (Lipinski definition) is 0. The van der Waals surface area contributed by atoms with Crippen LogP contribution < -0.4 is 0 Å². The first-order valence-corrected chi connectivity index (χ1v) is 8.37.